The largest absolute Gasteiger partial charge is 0.469 e. The van der Waals surface area contributed by atoms with Gasteiger partial charge in [0.1, 0.15) is 0 Å². The number of nitrogens with zero attached hydrogens (tertiary/aromatic N) is 1. The summed E-state index contributed by atoms with van der Waals surface area (Å²) in [6.07, 6.45) is 2.10. The molecular weight excluding hydrogens is 278 g/mol. The predicted octanol–water partition coefficient (Wildman–Crippen LogP) is -0.386. The van der Waals surface area contributed by atoms with Crippen molar-refractivity contribution in [1.29, 1.82) is 0 Å². The first kappa shape index (κ1) is 17.4. The van der Waals surface area contributed by atoms with E-state index in [4.69, 9.17) is 10.5 Å². The highest BCUT2D eigenvalue weighted by Gasteiger charge is 2.27. The van der Waals surface area contributed by atoms with Gasteiger partial charge in [0.15, 0.2) is 0 Å². The molecule has 120 valence electrons. The Morgan fingerprint density at radius 2 is 2.19 bits per heavy atom. The number of esters is 1. The summed E-state index contributed by atoms with van der Waals surface area (Å²) < 4.78 is 10.2. The number of rotatable bonds is 7. The first-order valence-electron chi connectivity index (χ1n) is 6.96. The van der Waals surface area contributed by atoms with E-state index in [1.807, 2.05) is 0 Å². The minimum atomic E-state index is -0.892. The third-order valence-corrected chi connectivity index (χ3v) is 3.47. The maximum atomic E-state index is 11.9. The number of urea groups is 1. The Labute approximate surface area is 123 Å². The molecule has 0 bridgehead atoms. The van der Waals surface area contributed by atoms with E-state index in [1.165, 1.54) is 7.11 Å². The van der Waals surface area contributed by atoms with Gasteiger partial charge in [-0.15, -0.1) is 0 Å². The van der Waals surface area contributed by atoms with E-state index in [9.17, 15) is 14.4 Å². The van der Waals surface area contributed by atoms with Gasteiger partial charge in [-0.3, -0.25) is 19.8 Å². The van der Waals surface area contributed by atoms with Gasteiger partial charge in [-0.25, -0.2) is 4.79 Å². The van der Waals surface area contributed by atoms with Crippen molar-refractivity contribution in [2.45, 2.75) is 38.3 Å². The zero-order valence-electron chi connectivity index (χ0n) is 12.5. The van der Waals surface area contributed by atoms with Crippen LogP contribution in [0.4, 0.5) is 4.79 Å². The van der Waals surface area contributed by atoms with Crippen LogP contribution < -0.4 is 11.1 Å². The highest BCUT2D eigenvalue weighted by molar-refractivity contribution is 5.96. The van der Waals surface area contributed by atoms with Crippen LogP contribution in [0.1, 0.15) is 26.2 Å². The number of methoxy groups -OCH3 is 1. The van der Waals surface area contributed by atoms with E-state index in [0.29, 0.717) is 19.7 Å². The van der Waals surface area contributed by atoms with E-state index in [-0.39, 0.29) is 18.5 Å². The number of nitrogens with two attached hydrogens (primary N) is 1. The molecule has 3 amide bonds. The molecule has 0 spiro atoms. The minimum Gasteiger partial charge on any atom is -0.469 e. The van der Waals surface area contributed by atoms with Crippen LogP contribution in [0, 0.1) is 0 Å². The standard InChI is InChI=1S/C13H23N3O5/c1-9(12(18)15-13(14)19)16(6-5-11(17)20-2)8-10-4-3-7-21-10/h9-10H,3-8H2,1-2H3,(H3,14,15,18,19). The average molecular weight is 301 g/mol. The van der Waals surface area contributed by atoms with Gasteiger partial charge >= 0.3 is 12.0 Å². The van der Waals surface area contributed by atoms with Crippen molar-refractivity contribution in [3.8, 4) is 0 Å². The van der Waals surface area contributed by atoms with Gasteiger partial charge in [-0.1, -0.05) is 0 Å². The molecular formula is C13H23N3O5. The van der Waals surface area contributed by atoms with Crippen LogP contribution in [0.15, 0.2) is 0 Å². The molecule has 0 aromatic carbocycles. The number of ether oxygens (including phenoxy) is 2. The van der Waals surface area contributed by atoms with Crippen molar-refractivity contribution in [2.75, 3.05) is 26.8 Å². The van der Waals surface area contributed by atoms with E-state index in [2.05, 4.69) is 10.1 Å². The van der Waals surface area contributed by atoms with E-state index in [0.717, 1.165) is 12.8 Å². The van der Waals surface area contributed by atoms with Gasteiger partial charge in [0.25, 0.3) is 0 Å². The number of hydrogen-bond donors (Lipinski definition) is 2. The van der Waals surface area contributed by atoms with Gasteiger partial charge in [0.2, 0.25) is 5.91 Å². The summed E-state index contributed by atoms with van der Waals surface area (Å²) >= 11 is 0. The van der Waals surface area contributed by atoms with Gasteiger partial charge in [0.05, 0.1) is 25.7 Å². The van der Waals surface area contributed by atoms with Crippen molar-refractivity contribution in [3.63, 3.8) is 0 Å². The average Bonchev–Trinajstić information content (AvgIpc) is 2.94. The first-order valence-corrected chi connectivity index (χ1v) is 6.96. The Bertz CT molecular complexity index is 382. The predicted molar refractivity (Wildman–Crippen MR) is 74.4 cm³/mol. The second-order valence-electron chi connectivity index (χ2n) is 4.99. The SMILES string of the molecule is COC(=O)CCN(CC1CCCO1)C(C)C(=O)NC(N)=O. The van der Waals surface area contributed by atoms with Crippen LogP contribution in [-0.2, 0) is 19.1 Å². The van der Waals surface area contributed by atoms with E-state index < -0.39 is 18.0 Å². The molecule has 2 unspecified atom stereocenters. The maximum absolute atomic E-state index is 11.9. The van der Waals surface area contributed by atoms with Crippen molar-refractivity contribution in [1.82, 2.24) is 10.2 Å². The summed E-state index contributed by atoms with van der Waals surface area (Å²) in [4.78, 5) is 35.7. The van der Waals surface area contributed by atoms with E-state index in [1.54, 1.807) is 11.8 Å². The fourth-order valence-electron chi connectivity index (χ4n) is 2.22. The molecule has 8 heteroatoms. The van der Waals surface area contributed by atoms with Crippen LogP contribution in [0.25, 0.3) is 0 Å². The molecule has 0 aromatic rings. The second-order valence-corrected chi connectivity index (χ2v) is 4.99. The molecule has 3 N–H and O–H groups in total. The summed E-state index contributed by atoms with van der Waals surface area (Å²) in [6, 6.07) is -1.48. The number of amides is 3. The highest BCUT2D eigenvalue weighted by Crippen LogP contribution is 2.15. The molecule has 2 atom stereocenters. The number of nitrogens with one attached hydrogen (secondary N) is 1. The lowest BCUT2D eigenvalue weighted by Gasteiger charge is -2.29. The fourth-order valence-corrected chi connectivity index (χ4v) is 2.22. The number of imide groups is 1. The van der Waals surface area contributed by atoms with E-state index >= 15 is 0 Å². The summed E-state index contributed by atoms with van der Waals surface area (Å²) in [6.45, 7) is 3.23. The molecule has 1 aliphatic heterocycles. The molecule has 0 aromatic heterocycles. The topological polar surface area (TPSA) is 111 Å². The number of carbonyl (C=O) groups is 3. The molecule has 21 heavy (non-hydrogen) atoms. The molecule has 1 heterocycles. The fraction of sp³-hybridized carbons (Fsp3) is 0.769. The first-order chi connectivity index (χ1) is 9.93. The van der Waals surface area contributed by atoms with Gasteiger partial charge in [-0.05, 0) is 19.8 Å². The summed E-state index contributed by atoms with van der Waals surface area (Å²) in [5, 5.41) is 2.05. The molecule has 0 radical (unpaired) electrons. The zero-order valence-corrected chi connectivity index (χ0v) is 12.5. The molecule has 1 rings (SSSR count). The van der Waals surface area contributed by atoms with Crippen LogP contribution >= 0.6 is 0 Å². The quantitative estimate of drug-likeness (QED) is 0.620. The molecule has 1 aliphatic rings. The van der Waals surface area contributed by atoms with Crippen molar-refractivity contribution in [3.05, 3.63) is 0 Å². The Morgan fingerprint density at radius 1 is 1.48 bits per heavy atom. The lowest BCUT2D eigenvalue weighted by atomic mass is 10.1. The molecule has 0 saturated carbocycles. The Morgan fingerprint density at radius 3 is 2.71 bits per heavy atom. The maximum Gasteiger partial charge on any atom is 0.318 e. The van der Waals surface area contributed by atoms with Crippen LogP contribution in [0.5, 0.6) is 0 Å². The third-order valence-electron chi connectivity index (χ3n) is 3.47. The Hall–Kier alpha value is -1.67. The monoisotopic (exact) mass is 301 g/mol. The number of primary amides is 1. The van der Waals surface area contributed by atoms with Crippen molar-refractivity contribution in [2.24, 2.45) is 5.73 Å². The smallest absolute Gasteiger partial charge is 0.318 e. The van der Waals surface area contributed by atoms with Crippen LogP contribution in [-0.4, -0.2) is 61.8 Å². The Kier molecular flexibility index (Phi) is 7.10. The second kappa shape index (κ2) is 8.58. The lowest BCUT2D eigenvalue weighted by molar-refractivity contribution is -0.141. The van der Waals surface area contributed by atoms with Crippen molar-refractivity contribution >= 4 is 17.9 Å². The molecule has 1 saturated heterocycles. The van der Waals surface area contributed by atoms with Gasteiger partial charge < -0.3 is 15.2 Å². The Balaban J connectivity index is 2.61. The molecule has 1 fully saturated rings. The lowest BCUT2D eigenvalue weighted by Crippen LogP contribution is -2.50. The molecule has 8 nitrogen and oxygen atoms in total. The molecule has 0 aliphatic carbocycles. The highest BCUT2D eigenvalue weighted by atomic mass is 16.5. The van der Waals surface area contributed by atoms with Gasteiger partial charge in [0, 0.05) is 19.7 Å². The normalized spacial score (nSPS) is 19.3. The van der Waals surface area contributed by atoms with Gasteiger partial charge in [-0.2, -0.15) is 0 Å². The third kappa shape index (κ3) is 6.09. The van der Waals surface area contributed by atoms with Crippen LogP contribution in [0.2, 0.25) is 0 Å². The van der Waals surface area contributed by atoms with Crippen molar-refractivity contribution < 1.29 is 23.9 Å². The number of hydrogen-bond acceptors (Lipinski definition) is 6. The minimum absolute atomic E-state index is 0.0338. The number of carbonyl (C=O) groups excluding carboxylic acids is 3. The van der Waals surface area contributed by atoms with Crippen LogP contribution in [0.3, 0.4) is 0 Å². The summed E-state index contributed by atoms with van der Waals surface area (Å²) in [5.41, 5.74) is 4.95. The summed E-state index contributed by atoms with van der Waals surface area (Å²) in [7, 11) is 1.32. The summed E-state index contributed by atoms with van der Waals surface area (Å²) in [5.74, 6) is -0.847. The zero-order chi connectivity index (χ0) is 15.8.